The van der Waals surface area contributed by atoms with Crippen molar-refractivity contribution in [3.8, 4) is 0 Å². The molecule has 21 heavy (non-hydrogen) atoms. The maximum Gasteiger partial charge on any atom is 0.255 e. The molecular formula is C15H16ClN5. The number of halogens is 1. The van der Waals surface area contributed by atoms with Crippen molar-refractivity contribution in [1.29, 1.82) is 0 Å². The minimum absolute atomic E-state index is 0.371. The Kier molecular flexibility index (Phi) is 3.75. The summed E-state index contributed by atoms with van der Waals surface area (Å²) in [6.07, 6.45) is 1.48. The van der Waals surface area contributed by atoms with Gasteiger partial charge >= 0.3 is 0 Å². The number of aromatic nitrogens is 4. The monoisotopic (exact) mass is 301 g/mol. The SMILES string of the molecule is Cc1c(Cl)nc2ncnn2c1NCC(C)c1ccccc1. The molecule has 3 aromatic rings. The van der Waals surface area contributed by atoms with Gasteiger partial charge in [-0.25, -0.2) is 0 Å². The number of anilines is 1. The van der Waals surface area contributed by atoms with Crippen LogP contribution in [0, 0.1) is 6.92 Å². The maximum absolute atomic E-state index is 6.15. The fourth-order valence-corrected chi connectivity index (χ4v) is 2.42. The van der Waals surface area contributed by atoms with Crippen LogP contribution in [0.5, 0.6) is 0 Å². The second-order valence-corrected chi connectivity index (χ2v) is 5.40. The molecule has 0 radical (unpaired) electrons. The number of nitrogens with zero attached hydrogens (tertiary/aromatic N) is 4. The summed E-state index contributed by atoms with van der Waals surface area (Å²) < 4.78 is 1.68. The van der Waals surface area contributed by atoms with E-state index in [4.69, 9.17) is 11.6 Å². The molecular weight excluding hydrogens is 286 g/mol. The van der Waals surface area contributed by atoms with Crippen LogP contribution in [0.2, 0.25) is 5.15 Å². The lowest BCUT2D eigenvalue weighted by Crippen LogP contribution is -2.14. The molecule has 2 heterocycles. The Hall–Kier alpha value is -2.14. The van der Waals surface area contributed by atoms with Crippen molar-refractivity contribution in [3.63, 3.8) is 0 Å². The van der Waals surface area contributed by atoms with E-state index >= 15 is 0 Å². The van der Waals surface area contributed by atoms with Gasteiger partial charge in [0.15, 0.2) is 0 Å². The van der Waals surface area contributed by atoms with E-state index in [2.05, 4.69) is 51.6 Å². The molecule has 1 aromatic carbocycles. The van der Waals surface area contributed by atoms with E-state index in [1.165, 1.54) is 11.9 Å². The van der Waals surface area contributed by atoms with Crippen molar-refractivity contribution in [2.45, 2.75) is 19.8 Å². The van der Waals surface area contributed by atoms with Gasteiger partial charge in [-0.2, -0.15) is 19.6 Å². The van der Waals surface area contributed by atoms with Crippen LogP contribution >= 0.6 is 11.6 Å². The lowest BCUT2D eigenvalue weighted by atomic mass is 10.0. The van der Waals surface area contributed by atoms with Crippen LogP contribution in [0.1, 0.15) is 24.0 Å². The molecule has 5 nitrogen and oxygen atoms in total. The Morgan fingerprint density at radius 2 is 2.05 bits per heavy atom. The molecule has 0 bridgehead atoms. The zero-order valence-electron chi connectivity index (χ0n) is 11.9. The minimum atomic E-state index is 0.371. The van der Waals surface area contributed by atoms with E-state index in [0.29, 0.717) is 16.8 Å². The Balaban J connectivity index is 1.85. The Morgan fingerprint density at radius 1 is 1.29 bits per heavy atom. The standard InChI is InChI=1S/C15H16ClN5/c1-10(12-6-4-3-5-7-12)8-17-14-11(2)13(16)20-15-18-9-19-21(14)15/h3-7,9-10,17H,8H2,1-2H3. The second kappa shape index (κ2) is 5.69. The fourth-order valence-electron chi connectivity index (χ4n) is 2.25. The third-order valence-electron chi connectivity index (χ3n) is 3.55. The summed E-state index contributed by atoms with van der Waals surface area (Å²) in [6, 6.07) is 10.4. The zero-order valence-corrected chi connectivity index (χ0v) is 12.7. The molecule has 2 aromatic heterocycles. The molecule has 1 unspecified atom stereocenters. The van der Waals surface area contributed by atoms with Crippen LogP contribution in [0.25, 0.3) is 5.78 Å². The van der Waals surface area contributed by atoms with Crippen molar-refractivity contribution in [2.24, 2.45) is 0 Å². The highest BCUT2D eigenvalue weighted by atomic mass is 35.5. The first-order valence-electron chi connectivity index (χ1n) is 6.81. The van der Waals surface area contributed by atoms with E-state index in [9.17, 15) is 0 Å². The third-order valence-corrected chi connectivity index (χ3v) is 3.92. The highest BCUT2D eigenvalue weighted by Crippen LogP contribution is 2.23. The molecule has 0 aliphatic heterocycles. The number of rotatable bonds is 4. The molecule has 1 atom stereocenters. The molecule has 0 aliphatic rings. The molecule has 0 saturated carbocycles. The number of hydrogen-bond donors (Lipinski definition) is 1. The van der Waals surface area contributed by atoms with Gasteiger partial charge in [0, 0.05) is 12.1 Å². The van der Waals surface area contributed by atoms with E-state index in [1.54, 1.807) is 4.52 Å². The number of nitrogens with one attached hydrogen (secondary N) is 1. The van der Waals surface area contributed by atoms with Crippen LogP contribution in [0.15, 0.2) is 36.7 Å². The highest BCUT2D eigenvalue weighted by molar-refractivity contribution is 6.30. The Labute approximate surface area is 128 Å². The average Bonchev–Trinajstić information content (AvgIpc) is 2.96. The molecule has 0 aliphatic carbocycles. The van der Waals surface area contributed by atoms with Crippen LogP contribution in [-0.2, 0) is 0 Å². The predicted octanol–water partition coefficient (Wildman–Crippen LogP) is 3.30. The smallest absolute Gasteiger partial charge is 0.255 e. The van der Waals surface area contributed by atoms with Crippen molar-refractivity contribution in [1.82, 2.24) is 19.6 Å². The summed E-state index contributed by atoms with van der Waals surface area (Å²) >= 11 is 6.15. The summed E-state index contributed by atoms with van der Waals surface area (Å²) in [5, 5.41) is 8.06. The van der Waals surface area contributed by atoms with Gasteiger partial charge in [0.05, 0.1) is 0 Å². The first-order chi connectivity index (χ1) is 10.2. The van der Waals surface area contributed by atoms with Crippen molar-refractivity contribution >= 4 is 23.2 Å². The molecule has 0 saturated heterocycles. The molecule has 1 N–H and O–H groups in total. The van der Waals surface area contributed by atoms with Crippen molar-refractivity contribution in [3.05, 3.63) is 52.9 Å². The quantitative estimate of drug-likeness (QED) is 0.751. The van der Waals surface area contributed by atoms with Gasteiger partial charge in [-0.1, -0.05) is 48.9 Å². The molecule has 6 heteroatoms. The van der Waals surface area contributed by atoms with Crippen LogP contribution in [-0.4, -0.2) is 26.1 Å². The lowest BCUT2D eigenvalue weighted by Gasteiger charge is -2.16. The minimum Gasteiger partial charge on any atom is -0.369 e. The van der Waals surface area contributed by atoms with Gasteiger partial charge in [-0.15, -0.1) is 0 Å². The highest BCUT2D eigenvalue weighted by Gasteiger charge is 2.13. The van der Waals surface area contributed by atoms with Crippen LogP contribution < -0.4 is 5.32 Å². The second-order valence-electron chi connectivity index (χ2n) is 5.04. The molecule has 108 valence electrons. The van der Waals surface area contributed by atoms with Gasteiger partial charge in [-0.05, 0) is 18.4 Å². The van der Waals surface area contributed by atoms with Crippen molar-refractivity contribution in [2.75, 3.05) is 11.9 Å². The maximum atomic E-state index is 6.15. The fraction of sp³-hybridized carbons (Fsp3) is 0.267. The summed E-state index contributed by atoms with van der Waals surface area (Å²) in [5.74, 6) is 1.71. The first-order valence-corrected chi connectivity index (χ1v) is 7.19. The van der Waals surface area contributed by atoms with Gasteiger partial charge in [0.1, 0.15) is 17.3 Å². The Morgan fingerprint density at radius 3 is 2.81 bits per heavy atom. The molecule has 0 amide bonds. The topological polar surface area (TPSA) is 55.1 Å². The summed E-state index contributed by atoms with van der Waals surface area (Å²) in [6.45, 7) is 4.88. The lowest BCUT2D eigenvalue weighted by molar-refractivity contribution is 0.790. The zero-order chi connectivity index (χ0) is 14.8. The summed E-state index contributed by atoms with van der Waals surface area (Å²) in [5.41, 5.74) is 2.16. The molecule has 3 rings (SSSR count). The first kappa shape index (κ1) is 13.8. The van der Waals surface area contributed by atoms with Gasteiger partial charge in [0.25, 0.3) is 5.78 Å². The van der Waals surface area contributed by atoms with E-state index in [0.717, 1.165) is 17.9 Å². The third kappa shape index (κ3) is 2.69. The van der Waals surface area contributed by atoms with Crippen molar-refractivity contribution < 1.29 is 0 Å². The van der Waals surface area contributed by atoms with Crippen LogP contribution in [0.4, 0.5) is 5.82 Å². The van der Waals surface area contributed by atoms with E-state index in [-0.39, 0.29) is 0 Å². The average molecular weight is 302 g/mol. The Bertz CT molecular complexity index is 753. The van der Waals surface area contributed by atoms with Crippen LogP contribution in [0.3, 0.4) is 0 Å². The number of benzene rings is 1. The molecule has 0 spiro atoms. The number of fused-ring (bicyclic) bond motifs is 1. The van der Waals surface area contributed by atoms with E-state index in [1.807, 2.05) is 13.0 Å². The molecule has 0 fully saturated rings. The van der Waals surface area contributed by atoms with Gasteiger partial charge < -0.3 is 5.32 Å². The normalized spacial score (nSPS) is 12.5. The van der Waals surface area contributed by atoms with Gasteiger partial charge in [-0.3, -0.25) is 0 Å². The van der Waals surface area contributed by atoms with Gasteiger partial charge in [0.2, 0.25) is 0 Å². The summed E-state index contributed by atoms with van der Waals surface area (Å²) in [7, 11) is 0. The largest absolute Gasteiger partial charge is 0.369 e. The number of hydrogen-bond acceptors (Lipinski definition) is 4. The predicted molar refractivity (Wildman–Crippen MR) is 83.9 cm³/mol. The summed E-state index contributed by atoms with van der Waals surface area (Å²) in [4.78, 5) is 8.28. The van der Waals surface area contributed by atoms with E-state index < -0.39 is 0 Å².